The number of methoxy groups -OCH3 is 1. The average molecular weight is 673 g/mol. The second-order valence-corrected chi connectivity index (χ2v) is 18.0. The van der Waals surface area contributed by atoms with Crippen LogP contribution in [0.5, 0.6) is 5.75 Å². The van der Waals surface area contributed by atoms with Gasteiger partial charge in [0.15, 0.2) is 0 Å². The highest BCUT2D eigenvalue weighted by Gasteiger charge is 2.52. The number of amides is 2. The van der Waals surface area contributed by atoms with Crippen LogP contribution in [0.1, 0.15) is 88.8 Å². The van der Waals surface area contributed by atoms with E-state index in [1.165, 1.54) is 24.8 Å². The zero-order valence-electron chi connectivity index (χ0n) is 28.8. The molecule has 4 heterocycles. The fraction of sp³-hybridized carbons (Fsp3) is 0.579. The number of hydrogen-bond acceptors (Lipinski definition) is 6. The summed E-state index contributed by atoms with van der Waals surface area (Å²) < 4.78 is 36.9. The Bertz CT molecular complexity index is 1910. The molecule has 48 heavy (non-hydrogen) atoms. The molecule has 3 aliphatic carbocycles. The Morgan fingerprint density at radius 3 is 2.48 bits per heavy atom. The summed E-state index contributed by atoms with van der Waals surface area (Å²) >= 11 is 0. The Morgan fingerprint density at radius 2 is 1.79 bits per heavy atom. The van der Waals surface area contributed by atoms with E-state index >= 15 is 0 Å². The molecule has 2 saturated heterocycles. The molecule has 2 bridgehead atoms. The highest BCUT2D eigenvalue weighted by Crippen LogP contribution is 2.56. The molecule has 3 aliphatic heterocycles. The van der Waals surface area contributed by atoms with Crippen LogP contribution in [0.2, 0.25) is 0 Å². The second-order valence-electron chi connectivity index (χ2n) is 16.3. The lowest BCUT2D eigenvalue weighted by molar-refractivity contribution is -0.158. The van der Waals surface area contributed by atoms with Crippen molar-refractivity contribution >= 4 is 32.7 Å². The van der Waals surface area contributed by atoms with E-state index in [0.717, 1.165) is 71.4 Å². The van der Waals surface area contributed by atoms with E-state index in [2.05, 4.69) is 56.5 Å². The normalized spacial score (nSPS) is 27.2. The summed E-state index contributed by atoms with van der Waals surface area (Å²) in [6, 6.07) is 7.03. The maximum absolute atomic E-state index is 14.6. The Kier molecular flexibility index (Phi) is 7.53. The van der Waals surface area contributed by atoms with Crippen LogP contribution in [0.15, 0.2) is 52.6 Å². The number of ether oxygens (including phenoxy) is 1. The number of rotatable bonds is 6. The third kappa shape index (κ3) is 5.25. The fourth-order valence-electron chi connectivity index (χ4n) is 9.68. The molecule has 8 rings (SSSR count). The zero-order chi connectivity index (χ0) is 33.7. The van der Waals surface area contributed by atoms with Crippen molar-refractivity contribution in [1.29, 1.82) is 0 Å². The number of piperazine rings is 1. The van der Waals surface area contributed by atoms with E-state index in [1.807, 2.05) is 20.8 Å². The van der Waals surface area contributed by atoms with Crippen molar-refractivity contribution in [3.8, 4) is 5.75 Å². The monoisotopic (exact) mass is 672 g/mol. The topological polar surface area (TPSA) is 101 Å². The Hall–Kier alpha value is -3.37. The largest absolute Gasteiger partial charge is 0.496 e. The first-order valence-electron chi connectivity index (χ1n) is 17.8. The van der Waals surface area contributed by atoms with Crippen molar-refractivity contribution in [2.45, 2.75) is 96.2 Å². The number of nitrogens with zero attached hydrogens (tertiary/aromatic N) is 3. The number of likely N-dealkylation sites (tertiary alicyclic amines) is 2. The summed E-state index contributed by atoms with van der Waals surface area (Å²) in [5.41, 5.74) is 6.13. The van der Waals surface area contributed by atoms with Crippen LogP contribution < -0.4 is 9.46 Å². The van der Waals surface area contributed by atoms with Gasteiger partial charge in [0, 0.05) is 48.7 Å². The van der Waals surface area contributed by atoms with Gasteiger partial charge < -0.3 is 19.1 Å². The van der Waals surface area contributed by atoms with E-state index in [9.17, 15) is 18.0 Å². The molecule has 10 heteroatoms. The molecular formula is C38H48N4O5S. The number of hydrogen-bond donors (Lipinski definition) is 1. The molecule has 1 N–H and O–H groups in total. The third-order valence-corrected chi connectivity index (χ3v) is 13.3. The molecule has 1 aromatic heterocycles. The van der Waals surface area contributed by atoms with Gasteiger partial charge in [-0.05, 0) is 78.5 Å². The number of likely N-dealkylation sites (N-methyl/N-ethyl adjacent to an activating group) is 1. The first-order chi connectivity index (χ1) is 22.8. The van der Waals surface area contributed by atoms with Gasteiger partial charge in [-0.1, -0.05) is 58.3 Å². The average Bonchev–Trinajstić information content (AvgIpc) is 3.65. The van der Waals surface area contributed by atoms with Crippen molar-refractivity contribution in [3.05, 3.63) is 63.9 Å². The second kappa shape index (κ2) is 11.3. The summed E-state index contributed by atoms with van der Waals surface area (Å²) in [6.07, 6.45) is 11.8. The van der Waals surface area contributed by atoms with E-state index in [1.54, 1.807) is 7.11 Å². The lowest BCUT2D eigenvalue weighted by Gasteiger charge is -2.57. The molecule has 2 amide bonds. The van der Waals surface area contributed by atoms with Crippen LogP contribution in [-0.4, -0.2) is 79.7 Å². The van der Waals surface area contributed by atoms with Crippen molar-refractivity contribution in [2.75, 3.05) is 33.0 Å². The number of carbonyl (C=O) groups is 2. The van der Waals surface area contributed by atoms with Gasteiger partial charge in [0.25, 0.3) is 5.91 Å². The highest BCUT2D eigenvalue weighted by molar-refractivity contribution is 7.90. The number of aromatic nitrogens is 1. The van der Waals surface area contributed by atoms with E-state index < -0.39 is 21.3 Å². The summed E-state index contributed by atoms with van der Waals surface area (Å²) in [5, 5.41) is 1.04. The van der Waals surface area contributed by atoms with Gasteiger partial charge in [-0.25, -0.2) is 13.1 Å². The molecule has 256 valence electrons. The molecule has 1 aromatic carbocycles. The van der Waals surface area contributed by atoms with Crippen molar-refractivity contribution in [3.63, 3.8) is 0 Å². The maximum atomic E-state index is 14.6. The Labute approximate surface area is 284 Å². The van der Waals surface area contributed by atoms with E-state index in [-0.39, 0.29) is 35.6 Å². The van der Waals surface area contributed by atoms with Gasteiger partial charge in [0.2, 0.25) is 15.9 Å². The van der Waals surface area contributed by atoms with Gasteiger partial charge in [-0.3, -0.25) is 9.59 Å². The molecule has 6 aliphatic rings. The number of nitrogens with one attached hydrogen (secondary N) is 1. The Balaban J connectivity index is 1.27. The Morgan fingerprint density at radius 1 is 1.06 bits per heavy atom. The summed E-state index contributed by atoms with van der Waals surface area (Å²) in [7, 11) is -0.0101. The first-order valence-corrected chi connectivity index (χ1v) is 19.4. The van der Waals surface area contributed by atoms with Crippen LogP contribution in [-0.2, 0) is 26.2 Å². The summed E-state index contributed by atoms with van der Waals surface area (Å²) in [5.74, 6) is 0.138. The first kappa shape index (κ1) is 31.9. The molecule has 9 nitrogen and oxygen atoms in total. The maximum Gasteiger partial charge on any atom is 0.265 e. The number of sulfonamides is 1. The van der Waals surface area contributed by atoms with Crippen LogP contribution in [0, 0.1) is 11.3 Å². The van der Waals surface area contributed by atoms with Gasteiger partial charge >= 0.3 is 0 Å². The molecule has 0 spiro atoms. The van der Waals surface area contributed by atoms with Crippen LogP contribution in [0.4, 0.5) is 0 Å². The predicted octanol–water partition coefficient (Wildman–Crippen LogP) is 5.38. The minimum absolute atomic E-state index is 0.149. The van der Waals surface area contributed by atoms with Gasteiger partial charge in [0.05, 0.1) is 29.9 Å². The van der Waals surface area contributed by atoms with Gasteiger partial charge in [-0.2, -0.15) is 0 Å². The zero-order valence-corrected chi connectivity index (χ0v) is 29.7. The summed E-state index contributed by atoms with van der Waals surface area (Å²) in [4.78, 5) is 32.9. The highest BCUT2D eigenvalue weighted by atomic mass is 32.2. The number of benzene rings is 1. The standard InChI is InChI=1S/C38H48N4O5S/c1-38(2,3)21-48(45,46)39-36(43)34-29-20-41-30(17-28-31(47-5)15-14-25(35(28)41)22-10-7-6-8-11-22)32-26(33(29)34)12-9-13-27(32)37(44)42-23-16-24(42)19-40(4)18-23/h9,12,14-15,17,22-24,27,32H,6-8,10-11,13,16,18-21H2,1-5H3,(H,39,43)/t23?,24?,27-,32?/m1/s1. The lowest BCUT2D eigenvalue weighted by atomic mass is 9.74. The van der Waals surface area contributed by atoms with Crippen molar-refractivity contribution in [2.24, 2.45) is 11.3 Å². The van der Waals surface area contributed by atoms with Gasteiger partial charge in [0.1, 0.15) is 5.75 Å². The van der Waals surface area contributed by atoms with Crippen molar-refractivity contribution < 1.29 is 22.7 Å². The van der Waals surface area contributed by atoms with Crippen LogP contribution in [0.3, 0.4) is 0 Å². The van der Waals surface area contributed by atoms with E-state index in [0.29, 0.717) is 24.5 Å². The molecule has 3 fully saturated rings. The number of fused-ring (bicyclic) bond motifs is 8. The third-order valence-electron chi connectivity index (χ3n) is 11.5. The van der Waals surface area contributed by atoms with Crippen LogP contribution in [0.25, 0.3) is 10.9 Å². The SMILES string of the molecule is COc1ccc(C2CCCCC2)c2c1cc1n2CC2=C(C(=O)NS(=O)(=O)CC(C)(C)C)C2=C2C=CC[C@@H](C(=O)N3C4CC3CN(C)C4)C21. The molecule has 2 aromatic rings. The van der Waals surface area contributed by atoms with Gasteiger partial charge in [-0.15, -0.1) is 0 Å². The lowest BCUT2D eigenvalue weighted by Crippen LogP contribution is -2.70. The molecule has 4 atom stereocenters. The predicted molar refractivity (Wildman–Crippen MR) is 186 cm³/mol. The molecular weight excluding hydrogens is 625 g/mol. The molecule has 0 radical (unpaired) electrons. The molecule has 1 saturated carbocycles. The van der Waals surface area contributed by atoms with E-state index in [4.69, 9.17) is 4.74 Å². The number of piperidine rings is 1. The number of carbonyl (C=O) groups excluding carboxylic acids is 2. The quantitative estimate of drug-likeness (QED) is 0.442. The van der Waals surface area contributed by atoms with Crippen molar-refractivity contribution in [1.82, 2.24) is 19.1 Å². The summed E-state index contributed by atoms with van der Waals surface area (Å²) in [6.45, 7) is 7.78. The minimum atomic E-state index is -3.85. The number of allylic oxidation sites excluding steroid dienone is 4. The molecule has 3 unspecified atom stereocenters. The smallest absolute Gasteiger partial charge is 0.265 e. The minimum Gasteiger partial charge on any atom is -0.496 e. The fourth-order valence-corrected chi connectivity index (χ4v) is 11.3. The van der Waals surface area contributed by atoms with Crippen LogP contribution >= 0.6 is 0 Å².